The number of non-ortho nitro benzene ring substituents is 1. The summed E-state index contributed by atoms with van der Waals surface area (Å²) in [5.41, 5.74) is 0.399. The number of nitrogens with zero attached hydrogens (tertiary/aromatic N) is 2. The van der Waals surface area contributed by atoms with E-state index in [1.54, 1.807) is 6.07 Å². The lowest BCUT2D eigenvalue weighted by atomic mass is 10.2. The quantitative estimate of drug-likeness (QED) is 0.635. The molecule has 23 heavy (non-hydrogen) atoms. The number of halogens is 1. The summed E-state index contributed by atoms with van der Waals surface area (Å²) in [5, 5.41) is 13.6. The van der Waals surface area contributed by atoms with E-state index in [1.807, 2.05) is 20.8 Å². The first-order valence-corrected chi connectivity index (χ1v) is 8.13. The highest BCUT2D eigenvalue weighted by Gasteiger charge is 2.27. The van der Waals surface area contributed by atoms with E-state index < -0.39 is 16.6 Å². The highest BCUT2D eigenvalue weighted by Crippen LogP contribution is 2.32. The third-order valence-corrected chi connectivity index (χ3v) is 4.03. The van der Waals surface area contributed by atoms with Crippen LogP contribution in [0.3, 0.4) is 0 Å². The summed E-state index contributed by atoms with van der Waals surface area (Å²) in [6, 6.07) is 4.68. The first-order chi connectivity index (χ1) is 10.7. The smallest absolute Gasteiger partial charge is 0.407 e. The van der Waals surface area contributed by atoms with E-state index in [0.717, 1.165) is 18.7 Å². The van der Waals surface area contributed by atoms with Crippen molar-refractivity contribution < 1.29 is 14.5 Å². The molecule has 1 saturated heterocycles. The molecule has 1 aliphatic heterocycles. The molecule has 0 bridgehead atoms. The number of hydrogen-bond donors (Lipinski definition) is 1. The Labute approximate surface area is 143 Å². The number of hydrogen-bond acceptors (Lipinski definition) is 5. The number of carbonyl (C=O) groups is 1. The third-order valence-electron chi connectivity index (χ3n) is 3.39. The lowest BCUT2D eigenvalue weighted by Gasteiger charge is -2.23. The van der Waals surface area contributed by atoms with Gasteiger partial charge in [-0.3, -0.25) is 10.1 Å². The number of amides is 1. The SMILES string of the molecule is CC(C)(C)OC(=O)N[C@H]1CCN(c2ccc([N+](=O)[O-])cc2Br)C1. The molecule has 0 spiro atoms. The maximum absolute atomic E-state index is 11.8. The monoisotopic (exact) mass is 385 g/mol. The van der Waals surface area contributed by atoms with Crippen LogP contribution in [0.5, 0.6) is 0 Å². The molecule has 7 nitrogen and oxygen atoms in total. The molecule has 1 aromatic rings. The topological polar surface area (TPSA) is 84.7 Å². The Bertz CT molecular complexity index is 615. The molecule has 1 amide bonds. The zero-order valence-corrected chi connectivity index (χ0v) is 14.9. The maximum atomic E-state index is 11.8. The van der Waals surface area contributed by atoms with Crippen LogP contribution < -0.4 is 10.2 Å². The lowest BCUT2D eigenvalue weighted by molar-refractivity contribution is -0.384. The van der Waals surface area contributed by atoms with Crippen LogP contribution in [0.2, 0.25) is 0 Å². The van der Waals surface area contributed by atoms with E-state index in [9.17, 15) is 14.9 Å². The second kappa shape index (κ2) is 6.74. The Balaban J connectivity index is 1.97. The van der Waals surface area contributed by atoms with Crippen molar-refractivity contribution >= 4 is 33.4 Å². The summed E-state index contributed by atoms with van der Waals surface area (Å²) in [6.07, 6.45) is 0.370. The number of rotatable bonds is 3. The Morgan fingerprint density at radius 2 is 2.17 bits per heavy atom. The molecule has 0 unspecified atom stereocenters. The Hall–Kier alpha value is -1.83. The van der Waals surface area contributed by atoms with Crippen LogP contribution in [-0.2, 0) is 4.74 Å². The minimum absolute atomic E-state index is 0.00746. The molecule has 1 aromatic carbocycles. The van der Waals surface area contributed by atoms with E-state index >= 15 is 0 Å². The Kier molecular flexibility index (Phi) is 5.13. The number of ether oxygens (including phenoxy) is 1. The minimum Gasteiger partial charge on any atom is -0.444 e. The van der Waals surface area contributed by atoms with Crippen LogP contribution in [0.25, 0.3) is 0 Å². The van der Waals surface area contributed by atoms with Crippen molar-refractivity contribution in [3.63, 3.8) is 0 Å². The van der Waals surface area contributed by atoms with Gasteiger partial charge in [0.25, 0.3) is 5.69 Å². The predicted molar refractivity (Wildman–Crippen MR) is 90.8 cm³/mol. The van der Waals surface area contributed by atoms with Gasteiger partial charge < -0.3 is 15.0 Å². The molecule has 1 fully saturated rings. The molecule has 1 heterocycles. The fraction of sp³-hybridized carbons (Fsp3) is 0.533. The maximum Gasteiger partial charge on any atom is 0.407 e. The summed E-state index contributed by atoms with van der Waals surface area (Å²) in [6.45, 7) is 6.86. The van der Waals surface area contributed by atoms with Gasteiger partial charge in [0.1, 0.15) is 5.60 Å². The molecule has 1 N–H and O–H groups in total. The van der Waals surface area contributed by atoms with Crippen LogP contribution in [0.4, 0.5) is 16.2 Å². The molecular formula is C15H20BrN3O4. The molecule has 0 aliphatic carbocycles. The second-order valence-corrected chi connectivity index (χ2v) is 7.33. The van der Waals surface area contributed by atoms with Crippen LogP contribution in [0, 0.1) is 10.1 Å². The lowest BCUT2D eigenvalue weighted by Crippen LogP contribution is -2.40. The molecule has 1 aliphatic rings. The van der Waals surface area contributed by atoms with E-state index in [4.69, 9.17) is 4.74 Å². The van der Waals surface area contributed by atoms with Gasteiger partial charge in [-0.05, 0) is 49.2 Å². The van der Waals surface area contributed by atoms with Gasteiger partial charge in [0.15, 0.2) is 0 Å². The summed E-state index contributed by atoms with van der Waals surface area (Å²) in [4.78, 5) is 24.2. The number of nitro benzene ring substituents is 1. The summed E-state index contributed by atoms with van der Waals surface area (Å²) in [7, 11) is 0. The Morgan fingerprint density at radius 1 is 1.48 bits per heavy atom. The number of anilines is 1. The van der Waals surface area contributed by atoms with Crippen molar-refractivity contribution in [2.45, 2.75) is 38.8 Å². The van der Waals surface area contributed by atoms with Crippen molar-refractivity contribution in [1.29, 1.82) is 0 Å². The molecule has 0 aromatic heterocycles. The summed E-state index contributed by atoms with van der Waals surface area (Å²) in [5.74, 6) is 0. The van der Waals surface area contributed by atoms with E-state index in [1.165, 1.54) is 12.1 Å². The zero-order valence-electron chi connectivity index (χ0n) is 13.3. The van der Waals surface area contributed by atoms with Gasteiger partial charge in [0, 0.05) is 29.7 Å². The van der Waals surface area contributed by atoms with Crippen molar-refractivity contribution in [3.05, 3.63) is 32.8 Å². The minimum atomic E-state index is -0.524. The largest absolute Gasteiger partial charge is 0.444 e. The standard InChI is InChI=1S/C15H20BrN3O4/c1-15(2,3)23-14(20)17-10-6-7-18(9-10)13-5-4-11(19(21)22)8-12(13)16/h4-5,8,10H,6-7,9H2,1-3H3,(H,17,20)/t10-/m0/s1. The summed E-state index contributed by atoms with van der Waals surface area (Å²) >= 11 is 3.38. The number of nitrogens with one attached hydrogen (secondary N) is 1. The molecule has 0 saturated carbocycles. The molecule has 0 radical (unpaired) electrons. The van der Waals surface area contributed by atoms with Gasteiger partial charge in [-0.1, -0.05) is 0 Å². The van der Waals surface area contributed by atoms with Crippen LogP contribution >= 0.6 is 15.9 Å². The van der Waals surface area contributed by atoms with E-state index in [2.05, 4.69) is 26.1 Å². The normalized spacial score (nSPS) is 17.9. The van der Waals surface area contributed by atoms with Crippen LogP contribution in [0.1, 0.15) is 27.2 Å². The number of nitro groups is 1. The van der Waals surface area contributed by atoms with Crippen LogP contribution in [0.15, 0.2) is 22.7 Å². The molecular weight excluding hydrogens is 366 g/mol. The van der Waals surface area contributed by atoms with Crippen molar-refractivity contribution in [1.82, 2.24) is 5.32 Å². The predicted octanol–water partition coefficient (Wildman–Crippen LogP) is 3.46. The molecule has 1 atom stereocenters. The van der Waals surface area contributed by atoms with Gasteiger partial charge in [-0.25, -0.2) is 4.79 Å². The fourth-order valence-electron chi connectivity index (χ4n) is 2.44. The average Bonchev–Trinajstić information content (AvgIpc) is 2.84. The van der Waals surface area contributed by atoms with Gasteiger partial charge in [0.05, 0.1) is 16.7 Å². The van der Waals surface area contributed by atoms with E-state index in [0.29, 0.717) is 11.0 Å². The van der Waals surface area contributed by atoms with Gasteiger partial charge in [-0.15, -0.1) is 0 Å². The van der Waals surface area contributed by atoms with Crippen molar-refractivity contribution in [2.75, 3.05) is 18.0 Å². The molecule has 126 valence electrons. The number of carbonyl (C=O) groups excluding carboxylic acids is 1. The van der Waals surface area contributed by atoms with Crippen molar-refractivity contribution in [2.24, 2.45) is 0 Å². The second-order valence-electron chi connectivity index (χ2n) is 6.47. The first-order valence-electron chi connectivity index (χ1n) is 7.34. The summed E-state index contributed by atoms with van der Waals surface area (Å²) < 4.78 is 5.92. The molecule has 2 rings (SSSR count). The van der Waals surface area contributed by atoms with E-state index in [-0.39, 0.29) is 11.7 Å². The number of benzene rings is 1. The first kappa shape index (κ1) is 17.5. The van der Waals surface area contributed by atoms with Crippen molar-refractivity contribution in [3.8, 4) is 0 Å². The molecule has 8 heteroatoms. The average molecular weight is 386 g/mol. The van der Waals surface area contributed by atoms with Gasteiger partial charge in [-0.2, -0.15) is 0 Å². The van der Waals surface area contributed by atoms with Crippen LogP contribution in [-0.4, -0.2) is 35.7 Å². The highest BCUT2D eigenvalue weighted by molar-refractivity contribution is 9.10. The Morgan fingerprint density at radius 3 is 2.74 bits per heavy atom. The number of alkyl carbamates (subject to hydrolysis) is 1. The van der Waals surface area contributed by atoms with Gasteiger partial charge in [0.2, 0.25) is 0 Å². The zero-order chi connectivity index (χ0) is 17.2. The highest BCUT2D eigenvalue weighted by atomic mass is 79.9. The fourth-order valence-corrected chi connectivity index (χ4v) is 3.05. The van der Waals surface area contributed by atoms with Gasteiger partial charge >= 0.3 is 6.09 Å². The third kappa shape index (κ3) is 4.82.